The SMILES string of the molecule is CCCN1CC(C)CN(C)CC1CCO. The van der Waals surface area contributed by atoms with E-state index in [-0.39, 0.29) is 0 Å². The zero-order chi connectivity index (χ0) is 11.3. The molecule has 1 rings (SSSR count). The van der Waals surface area contributed by atoms with E-state index < -0.39 is 0 Å². The average Bonchev–Trinajstić information content (AvgIpc) is 2.27. The van der Waals surface area contributed by atoms with Crippen LogP contribution in [0.15, 0.2) is 0 Å². The third-order valence-electron chi connectivity index (χ3n) is 3.18. The van der Waals surface area contributed by atoms with Gasteiger partial charge in [0.15, 0.2) is 0 Å². The van der Waals surface area contributed by atoms with Crippen molar-refractivity contribution < 1.29 is 5.11 Å². The molecule has 2 atom stereocenters. The zero-order valence-corrected chi connectivity index (χ0v) is 10.4. The summed E-state index contributed by atoms with van der Waals surface area (Å²) >= 11 is 0. The van der Waals surface area contributed by atoms with Crippen LogP contribution in [0, 0.1) is 5.92 Å². The monoisotopic (exact) mass is 214 g/mol. The summed E-state index contributed by atoms with van der Waals surface area (Å²) in [5.74, 6) is 0.741. The lowest BCUT2D eigenvalue weighted by atomic mass is 10.1. The van der Waals surface area contributed by atoms with Crippen LogP contribution in [0.25, 0.3) is 0 Å². The first-order valence-electron chi connectivity index (χ1n) is 6.20. The summed E-state index contributed by atoms with van der Waals surface area (Å²) in [5.41, 5.74) is 0. The smallest absolute Gasteiger partial charge is 0.0446 e. The van der Waals surface area contributed by atoms with E-state index in [1.165, 1.54) is 26.1 Å². The van der Waals surface area contributed by atoms with Crippen LogP contribution in [-0.4, -0.2) is 60.8 Å². The fourth-order valence-corrected chi connectivity index (χ4v) is 2.67. The second kappa shape index (κ2) is 6.46. The van der Waals surface area contributed by atoms with Gasteiger partial charge < -0.3 is 10.0 Å². The molecule has 1 saturated heterocycles. The molecule has 3 nitrogen and oxygen atoms in total. The fourth-order valence-electron chi connectivity index (χ4n) is 2.67. The van der Waals surface area contributed by atoms with Crippen molar-refractivity contribution in [3.63, 3.8) is 0 Å². The van der Waals surface area contributed by atoms with Gasteiger partial charge in [0, 0.05) is 32.3 Å². The van der Waals surface area contributed by atoms with Crippen LogP contribution in [0.3, 0.4) is 0 Å². The first-order valence-corrected chi connectivity index (χ1v) is 6.20. The Hall–Kier alpha value is -0.120. The molecular formula is C12H26N2O. The Balaban J connectivity index is 2.59. The van der Waals surface area contributed by atoms with Gasteiger partial charge in [-0.25, -0.2) is 0 Å². The standard InChI is InChI=1S/C12H26N2O/c1-4-6-14-9-11(2)8-13(3)10-12(14)5-7-15/h11-12,15H,4-10H2,1-3H3. The van der Waals surface area contributed by atoms with E-state index in [4.69, 9.17) is 5.11 Å². The van der Waals surface area contributed by atoms with Gasteiger partial charge in [0.25, 0.3) is 0 Å². The van der Waals surface area contributed by atoms with Crippen molar-refractivity contribution in [3.8, 4) is 0 Å². The minimum atomic E-state index is 0.313. The number of likely N-dealkylation sites (N-methyl/N-ethyl adjacent to an activating group) is 1. The van der Waals surface area contributed by atoms with Crippen LogP contribution in [0.1, 0.15) is 26.7 Å². The second-order valence-electron chi connectivity index (χ2n) is 4.99. The van der Waals surface area contributed by atoms with Gasteiger partial charge in [-0.3, -0.25) is 4.90 Å². The molecule has 1 aliphatic rings. The largest absolute Gasteiger partial charge is 0.396 e. The quantitative estimate of drug-likeness (QED) is 0.757. The Labute approximate surface area is 94.1 Å². The highest BCUT2D eigenvalue weighted by molar-refractivity contribution is 4.81. The summed E-state index contributed by atoms with van der Waals surface area (Å²) in [6, 6.07) is 0.546. The highest BCUT2D eigenvalue weighted by Crippen LogP contribution is 2.15. The minimum absolute atomic E-state index is 0.313. The van der Waals surface area contributed by atoms with E-state index in [9.17, 15) is 0 Å². The maximum absolute atomic E-state index is 9.10. The van der Waals surface area contributed by atoms with Crippen molar-refractivity contribution in [2.24, 2.45) is 5.92 Å². The molecule has 2 unspecified atom stereocenters. The van der Waals surface area contributed by atoms with E-state index in [1.807, 2.05) is 0 Å². The van der Waals surface area contributed by atoms with E-state index in [0.29, 0.717) is 12.6 Å². The maximum atomic E-state index is 9.10. The number of aliphatic hydroxyl groups is 1. The van der Waals surface area contributed by atoms with Crippen molar-refractivity contribution >= 4 is 0 Å². The van der Waals surface area contributed by atoms with Crippen LogP contribution in [0.2, 0.25) is 0 Å². The third kappa shape index (κ3) is 4.09. The Kier molecular flexibility index (Phi) is 5.58. The number of hydrogen-bond acceptors (Lipinski definition) is 3. The van der Waals surface area contributed by atoms with E-state index in [2.05, 4.69) is 30.7 Å². The van der Waals surface area contributed by atoms with Crippen LogP contribution >= 0.6 is 0 Å². The van der Waals surface area contributed by atoms with Gasteiger partial charge in [0.1, 0.15) is 0 Å². The molecule has 0 amide bonds. The molecule has 0 bridgehead atoms. The molecule has 90 valence electrons. The summed E-state index contributed by atoms with van der Waals surface area (Å²) in [6.07, 6.45) is 2.12. The predicted octanol–water partition coefficient (Wildman–Crippen LogP) is 1.03. The predicted molar refractivity (Wildman–Crippen MR) is 64.0 cm³/mol. The lowest BCUT2D eigenvalue weighted by molar-refractivity contribution is 0.146. The lowest BCUT2D eigenvalue weighted by Gasteiger charge is -2.30. The molecule has 1 fully saturated rings. The number of nitrogens with zero attached hydrogens (tertiary/aromatic N) is 2. The molecule has 0 aromatic heterocycles. The summed E-state index contributed by atoms with van der Waals surface area (Å²) in [5, 5.41) is 9.10. The fraction of sp³-hybridized carbons (Fsp3) is 1.00. The average molecular weight is 214 g/mol. The van der Waals surface area contributed by atoms with Crippen LogP contribution < -0.4 is 0 Å². The molecular weight excluding hydrogens is 188 g/mol. The van der Waals surface area contributed by atoms with E-state index in [1.54, 1.807) is 0 Å². The molecule has 1 heterocycles. The second-order valence-corrected chi connectivity index (χ2v) is 4.99. The van der Waals surface area contributed by atoms with Gasteiger partial charge in [-0.1, -0.05) is 13.8 Å². The Morgan fingerprint density at radius 1 is 1.27 bits per heavy atom. The summed E-state index contributed by atoms with van der Waals surface area (Å²) < 4.78 is 0. The Morgan fingerprint density at radius 3 is 2.60 bits per heavy atom. The van der Waals surface area contributed by atoms with Gasteiger partial charge in [0.2, 0.25) is 0 Å². The van der Waals surface area contributed by atoms with Crippen molar-refractivity contribution in [2.45, 2.75) is 32.7 Å². The maximum Gasteiger partial charge on any atom is 0.0446 e. The molecule has 0 aromatic rings. The van der Waals surface area contributed by atoms with Crippen LogP contribution in [0.4, 0.5) is 0 Å². The first kappa shape index (κ1) is 12.9. The minimum Gasteiger partial charge on any atom is -0.396 e. The first-order chi connectivity index (χ1) is 7.17. The topological polar surface area (TPSA) is 26.7 Å². The van der Waals surface area contributed by atoms with Gasteiger partial charge in [0.05, 0.1) is 0 Å². The molecule has 1 N–H and O–H groups in total. The molecule has 0 spiro atoms. The van der Waals surface area contributed by atoms with Crippen LogP contribution in [0.5, 0.6) is 0 Å². The summed E-state index contributed by atoms with van der Waals surface area (Å²) in [4.78, 5) is 4.96. The molecule has 1 aliphatic heterocycles. The molecule has 0 saturated carbocycles. The van der Waals surface area contributed by atoms with Gasteiger partial charge in [-0.05, 0) is 32.4 Å². The molecule has 0 aromatic carbocycles. The van der Waals surface area contributed by atoms with Crippen molar-refractivity contribution in [1.82, 2.24) is 9.80 Å². The lowest BCUT2D eigenvalue weighted by Crippen LogP contribution is -2.41. The third-order valence-corrected chi connectivity index (χ3v) is 3.18. The molecule has 0 radical (unpaired) electrons. The summed E-state index contributed by atoms with van der Waals surface area (Å²) in [6.45, 7) is 9.50. The van der Waals surface area contributed by atoms with Gasteiger partial charge >= 0.3 is 0 Å². The zero-order valence-electron chi connectivity index (χ0n) is 10.4. The van der Waals surface area contributed by atoms with Gasteiger partial charge in [-0.15, -0.1) is 0 Å². The highest BCUT2D eigenvalue weighted by atomic mass is 16.3. The van der Waals surface area contributed by atoms with E-state index >= 15 is 0 Å². The van der Waals surface area contributed by atoms with E-state index in [0.717, 1.165) is 18.9 Å². The molecule has 15 heavy (non-hydrogen) atoms. The number of aliphatic hydroxyl groups excluding tert-OH is 1. The molecule has 3 heteroatoms. The van der Waals surface area contributed by atoms with Gasteiger partial charge in [-0.2, -0.15) is 0 Å². The van der Waals surface area contributed by atoms with Crippen molar-refractivity contribution in [3.05, 3.63) is 0 Å². The normalized spacial score (nSPS) is 30.4. The van der Waals surface area contributed by atoms with Crippen LogP contribution in [-0.2, 0) is 0 Å². The Bertz CT molecular complexity index is 157. The van der Waals surface area contributed by atoms with Crippen molar-refractivity contribution in [1.29, 1.82) is 0 Å². The highest BCUT2D eigenvalue weighted by Gasteiger charge is 2.25. The summed E-state index contributed by atoms with van der Waals surface area (Å²) in [7, 11) is 2.19. The number of rotatable bonds is 4. The molecule has 0 aliphatic carbocycles. The number of hydrogen-bond donors (Lipinski definition) is 1. The van der Waals surface area contributed by atoms with Crippen molar-refractivity contribution in [2.75, 3.05) is 39.8 Å². The Morgan fingerprint density at radius 2 is 2.00 bits per heavy atom.